The van der Waals surface area contributed by atoms with E-state index in [4.69, 9.17) is 19.1 Å². The second kappa shape index (κ2) is 17.2. The van der Waals surface area contributed by atoms with Gasteiger partial charge in [0, 0.05) is 30.1 Å². The SMILES string of the molecule is CCC1C(=O)N2C=C(/C=C3\C=C(C(CC4C5(CO5)C(NC(C)C(=O)CC5=NCC=N5)CC5[C@]4(C)CC[C@@H](O)[C@@]5(C)CO)Nc4ccccn4)C(=O)O3)C=CC2N1C.O=C=O. The smallest absolute Gasteiger partial charge is 0.373 e. The van der Waals surface area contributed by atoms with E-state index in [1.165, 1.54) is 0 Å². The highest BCUT2D eigenvalue weighted by Crippen LogP contribution is 2.66. The summed E-state index contributed by atoms with van der Waals surface area (Å²) < 4.78 is 12.5. The Morgan fingerprint density at radius 2 is 1.98 bits per heavy atom. The number of pyridine rings is 1. The van der Waals surface area contributed by atoms with Crippen molar-refractivity contribution in [2.75, 3.05) is 32.1 Å². The third-order valence-corrected chi connectivity index (χ3v) is 14.2. The predicted molar refractivity (Wildman–Crippen MR) is 219 cm³/mol. The summed E-state index contributed by atoms with van der Waals surface area (Å²) in [5.41, 5.74) is -0.733. The van der Waals surface area contributed by atoms with E-state index in [0.29, 0.717) is 68.2 Å². The maximum absolute atomic E-state index is 14.0. The van der Waals surface area contributed by atoms with E-state index in [1.807, 2.05) is 64.4 Å². The van der Waals surface area contributed by atoms with Gasteiger partial charge in [0.25, 0.3) is 0 Å². The van der Waals surface area contributed by atoms with Crippen LogP contribution in [0.3, 0.4) is 0 Å². The van der Waals surface area contributed by atoms with Crippen LogP contribution in [0.4, 0.5) is 5.82 Å². The van der Waals surface area contributed by atoms with Gasteiger partial charge in [-0.2, -0.15) is 9.59 Å². The number of aliphatic imine (C=N–C) groups is 2. The number of hydrogen-bond acceptors (Lipinski definition) is 15. The Balaban J connectivity index is 0.00000176. The van der Waals surface area contributed by atoms with E-state index in [9.17, 15) is 24.6 Å². The highest BCUT2D eigenvalue weighted by Gasteiger charge is 2.71. The number of cyclic esters (lactones) is 1. The number of fused-ring (bicyclic) bond motifs is 2. The molecule has 6 heterocycles. The number of aromatic nitrogens is 1. The molecule has 2 saturated heterocycles. The van der Waals surface area contributed by atoms with E-state index < -0.39 is 40.6 Å². The largest absolute Gasteiger partial charge is 0.423 e. The Morgan fingerprint density at radius 3 is 2.63 bits per heavy atom. The number of anilines is 1. The van der Waals surface area contributed by atoms with Crippen LogP contribution in [0.1, 0.15) is 66.2 Å². The first kappa shape index (κ1) is 43.1. The van der Waals surface area contributed by atoms with Gasteiger partial charge in [0.1, 0.15) is 29.2 Å². The van der Waals surface area contributed by atoms with Gasteiger partial charge in [0.2, 0.25) is 5.91 Å². The normalized spacial score (nSPS) is 35.7. The molecular formula is C44H55N7O9. The fourth-order valence-electron chi connectivity index (χ4n) is 10.8. The number of carbonyl (C=O) groups is 3. The summed E-state index contributed by atoms with van der Waals surface area (Å²) in [6.07, 6.45) is 15.1. The number of allylic oxidation sites excluding steroid dienone is 4. The van der Waals surface area contributed by atoms with E-state index in [0.717, 1.165) is 5.57 Å². The fraction of sp³-hybridized carbons (Fsp3) is 0.568. The van der Waals surface area contributed by atoms with Gasteiger partial charge in [-0.15, -0.1) is 0 Å². The molecule has 0 aromatic carbocycles. The van der Waals surface area contributed by atoms with Crippen molar-refractivity contribution in [3.63, 3.8) is 0 Å². The van der Waals surface area contributed by atoms with Crippen molar-refractivity contribution in [2.45, 2.75) is 108 Å². The highest BCUT2D eigenvalue weighted by molar-refractivity contribution is 6.07. The van der Waals surface area contributed by atoms with Gasteiger partial charge in [0.05, 0.1) is 56.0 Å². The molecule has 1 spiro atoms. The lowest BCUT2D eigenvalue weighted by Crippen LogP contribution is -2.67. The minimum Gasteiger partial charge on any atom is -0.423 e. The zero-order chi connectivity index (χ0) is 43.0. The van der Waals surface area contributed by atoms with E-state index in [2.05, 4.69) is 37.4 Å². The van der Waals surface area contributed by atoms with Crippen LogP contribution in [0.15, 0.2) is 81.8 Å². The third kappa shape index (κ3) is 7.88. The van der Waals surface area contributed by atoms with Gasteiger partial charge in [-0.05, 0) is 99.3 Å². The molecule has 60 heavy (non-hydrogen) atoms. The maximum Gasteiger partial charge on any atom is 0.373 e. The average Bonchev–Trinajstić information content (AvgIpc) is 3.55. The number of esters is 1. The molecule has 16 heteroatoms. The van der Waals surface area contributed by atoms with Crippen molar-refractivity contribution >= 4 is 41.7 Å². The van der Waals surface area contributed by atoms with Gasteiger partial charge in [-0.3, -0.25) is 24.4 Å². The Hall–Kier alpha value is -4.96. The molecule has 4 fully saturated rings. The van der Waals surface area contributed by atoms with Crippen molar-refractivity contribution in [2.24, 2.45) is 32.7 Å². The minimum absolute atomic E-state index is 0.0281. The van der Waals surface area contributed by atoms with Gasteiger partial charge in [0.15, 0.2) is 5.78 Å². The summed E-state index contributed by atoms with van der Waals surface area (Å²) in [5.74, 6) is 0.686. The number of carbonyl (C=O) groups excluding carboxylic acids is 5. The lowest BCUT2D eigenvalue weighted by atomic mass is 9.43. The van der Waals surface area contributed by atoms with Gasteiger partial charge in [-0.1, -0.05) is 32.9 Å². The second-order valence-corrected chi connectivity index (χ2v) is 17.5. The van der Waals surface area contributed by atoms with Crippen LogP contribution in [-0.4, -0.2) is 130 Å². The van der Waals surface area contributed by atoms with E-state index >= 15 is 0 Å². The lowest BCUT2D eigenvalue weighted by molar-refractivity contribution is -0.191. The molecule has 0 bridgehead atoms. The molecule has 7 aliphatic rings. The van der Waals surface area contributed by atoms with E-state index in [-0.39, 0.29) is 61.0 Å². The molecule has 16 nitrogen and oxygen atoms in total. The zero-order valence-electron chi connectivity index (χ0n) is 34.7. The van der Waals surface area contributed by atoms with Crippen LogP contribution in [-0.2, 0) is 33.4 Å². The van der Waals surface area contributed by atoms with Gasteiger partial charge >= 0.3 is 12.1 Å². The number of nitrogens with zero attached hydrogens (tertiary/aromatic N) is 5. The molecule has 1 aromatic heterocycles. The highest BCUT2D eigenvalue weighted by atomic mass is 16.6. The number of ether oxygens (including phenoxy) is 2. The lowest BCUT2D eigenvalue weighted by Gasteiger charge is -2.63. The first-order valence-electron chi connectivity index (χ1n) is 20.8. The van der Waals surface area contributed by atoms with Crippen molar-refractivity contribution in [3.8, 4) is 0 Å². The number of aliphatic hydroxyl groups is 2. The molecule has 4 N–H and O–H groups in total. The number of amidine groups is 1. The molecule has 5 aliphatic heterocycles. The Labute approximate surface area is 349 Å². The Morgan fingerprint density at radius 1 is 1.22 bits per heavy atom. The number of ketones is 1. The molecular weight excluding hydrogens is 771 g/mol. The minimum atomic E-state index is -0.809. The van der Waals surface area contributed by atoms with Crippen LogP contribution >= 0.6 is 0 Å². The molecule has 1 aromatic rings. The zero-order valence-corrected chi connectivity index (χ0v) is 34.7. The summed E-state index contributed by atoms with van der Waals surface area (Å²) in [6.45, 7) is 8.82. The number of aliphatic hydroxyl groups excluding tert-OH is 2. The molecule has 320 valence electrons. The Bertz CT molecular complexity index is 2070. The summed E-state index contributed by atoms with van der Waals surface area (Å²) >= 11 is 0. The number of amides is 1. The molecule has 11 atom stereocenters. The van der Waals surface area contributed by atoms with E-state index in [1.54, 1.807) is 29.5 Å². The number of hydrogen-bond donors (Lipinski definition) is 4. The summed E-state index contributed by atoms with van der Waals surface area (Å²) in [4.78, 5) is 73.8. The van der Waals surface area contributed by atoms with Crippen LogP contribution in [0.25, 0.3) is 0 Å². The summed E-state index contributed by atoms with van der Waals surface area (Å²) in [5, 5.41) is 29.6. The van der Waals surface area contributed by atoms with Gasteiger partial charge in [-0.25, -0.2) is 14.8 Å². The van der Waals surface area contributed by atoms with Crippen LogP contribution in [0, 0.1) is 22.7 Å². The van der Waals surface area contributed by atoms with Crippen molar-refractivity contribution in [3.05, 3.63) is 71.8 Å². The van der Waals surface area contributed by atoms with Crippen molar-refractivity contribution in [1.82, 2.24) is 20.1 Å². The monoisotopic (exact) mass is 825 g/mol. The van der Waals surface area contributed by atoms with Crippen LogP contribution < -0.4 is 10.6 Å². The Kier molecular flexibility index (Phi) is 12.4. The number of rotatable bonds is 13. The van der Waals surface area contributed by atoms with Crippen LogP contribution in [0.2, 0.25) is 0 Å². The third-order valence-electron chi connectivity index (χ3n) is 14.2. The summed E-state index contributed by atoms with van der Waals surface area (Å²) in [7, 11) is 1.95. The number of epoxide rings is 1. The van der Waals surface area contributed by atoms with Crippen molar-refractivity contribution < 1.29 is 43.7 Å². The van der Waals surface area contributed by atoms with Gasteiger partial charge < -0.3 is 30.3 Å². The van der Waals surface area contributed by atoms with Crippen molar-refractivity contribution in [1.29, 1.82) is 0 Å². The fourth-order valence-corrected chi connectivity index (χ4v) is 10.8. The molecule has 2 saturated carbocycles. The summed E-state index contributed by atoms with van der Waals surface area (Å²) in [6, 6.07) is 4.00. The topological polar surface area (TPSA) is 216 Å². The standard InChI is InChI=1S/C43H55N7O7.CO2/c1-6-30-39(54)50-22-26(10-11-38(50)49(30)5)17-27-18-28(40(55)57-27)29(48-36-9-7-8-14-44-36)19-33-41(3)13-12-35(53)42(4,23-51)32(41)21-34(43(33)24-56-43)47-25(2)31(52)20-37-45-15-16-46-37;2-1-3/h7-11,14-15,17-18,22,25,29-30,32-35,38,47,51,53H,6,12-13,16,19-21,23-24H2,1-5H3,(H,44,48);/b27-17+;/t25?,29?,30?,32?,33?,34?,35-,38?,41+,42+,43?;/m1./s1. The predicted octanol–water partition coefficient (Wildman–Crippen LogP) is 2.72. The number of likely N-dealkylation sites (N-methyl/N-ethyl adjacent to an activating group) is 1. The quantitative estimate of drug-likeness (QED) is 0.167. The molecule has 2 aliphatic carbocycles. The maximum atomic E-state index is 14.0. The molecule has 0 radical (unpaired) electrons. The molecule has 8 unspecified atom stereocenters. The second-order valence-electron chi connectivity index (χ2n) is 17.5. The molecule has 8 rings (SSSR count). The first-order valence-corrected chi connectivity index (χ1v) is 20.8. The average molecular weight is 826 g/mol. The molecule has 1 amide bonds. The first-order chi connectivity index (χ1) is 28.7. The number of nitrogens with one attached hydrogen (secondary N) is 2. The van der Waals surface area contributed by atoms with Crippen LogP contribution in [0.5, 0.6) is 0 Å². The number of Topliss-reactive ketones (excluding diaryl/α,β-unsaturated/α-hetero) is 1.